The second kappa shape index (κ2) is 8.26. The molecule has 2 amide bonds. The SMILES string of the molecule is COc1ccccc1NC(=O)c1cc(C(=O)Nc2ccc(F)c(F)c2)ccn1. The van der Waals surface area contributed by atoms with Crippen LogP contribution in [0.25, 0.3) is 0 Å². The van der Waals surface area contributed by atoms with Crippen LogP contribution >= 0.6 is 0 Å². The molecule has 0 aliphatic carbocycles. The lowest BCUT2D eigenvalue weighted by atomic mass is 10.2. The number of hydrogen-bond acceptors (Lipinski definition) is 4. The Balaban J connectivity index is 1.76. The molecule has 1 aromatic heterocycles. The number of halogens is 2. The van der Waals surface area contributed by atoms with Gasteiger partial charge in [-0.15, -0.1) is 0 Å². The molecule has 6 nitrogen and oxygen atoms in total. The van der Waals surface area contributed by atoms with E-state index in [1.54, 1.807) is 24.3 Å². The molecule has 1 heterocycles. The third-order valence-electron chi connectivity index (χ3n) is 3.79. The summed E-state index contributed by atoms with van der Waals surface area (Å²) >= 11 is 0. The maximum Gasteiger partial charge on any atom is 0.274 e. The summed E-state index contributed by atoms with van der Waals surface area (Å²) in [5, 5.41) is 5.09. The summed E-state index contributed by atoms with van der Waals surface area (Å²) in [5.41, 5.74) is 0.669. The van der Waals surface area contributed by atoms with Gasteiger partial charge < -0.3 is 15.4 Å². The standard InChI is InChI=1S/C20H15F2N3O3/c1-28-18-5-3-2-4-16(18)25-20(27)17-10-12(8-9-23-17)19(26)24-13-6-7-14(21)15(22)11-13/h2-11H,1H3,(H,24,26)(H,25,27). The summed E-state index contributed by atoms with van der Waals surface area (Å²) < 4.78 is 31.4. The Kier molecular flexibility index (Phi) is 5.59. The minimum Gasteiger partial charge on any atom is -0.495 e. The molecular weight excluding hydrogens is 368 g/mol. The lowest BCUT2D eigenvalue weighted by molar-refractivity contribution is 0.102. The van der Waals surface area contributed by atoms with E-state index in [-0.39, 0.29) is 16.9 Å². The van der Waals surface area contributed by atoms with Gasteiger partial charge in [-0.25, -0.2) is 8.78 Å². The van der Waals surface area contributed by atoms with Gasteiger partial charge in [-0.2, -0.15) is 0 Å². The number of nitrogens with one attached hydrogen (secondary N) is 2. The van der Waals surface area contributed by atoms with Crippen molar-refractivity contribution >= 4 is 23.2 Å². The number of ether oxygens (including phenoxy) is 1. The molecule has 0 saturated carbocycles. The average Bonchev–Trinajstić information content (AvgIpc) is 2.71. The summed E-state index contributed by atoms with van der Waals surface area (Å²) in [6, 6.07) is 12.5. The van der Waals surface area contributed by atoms with Crippen LogP contribution in [-0.4, -0.2) is 23.9 Å². The van der Waals surface area contributed by atoms with E-state index in [9.17, 15) is 18.4 Å². The number of para-hydroxylation sites is 2. The Morgan fingerprint density at radius 3 is 2.46 bits per heavy atom. The van der Waals surface area contributed by atoms with E-state index in [1.807, 2.05) is 0 Å². The maximum atomic E-state index is 13.3. The van der Waals surface area contributed by atoms with Crippen molar-refractivity contribution in [2.75, 3.05) is 17.7 Å². The van der Waals surface area contributed by atoms with E-state index in [0.717, 1.165) is 12.1 Å². The molecule has 0 aliphatic heterocycles. The van der Waals surface area contributed by atoms with Crippen LogP contribution in [0.2, 0.25) is 0 Å². The lowest BCUT2D eigenvalue weighted by Gasteiger charge is -2.10. The number of carbonyl (C=O) groups excluding carboxylic acids is 2. The van der Waals surface area contributed by atoms with Crippen molar-refractivity contribution in [2.24, 2.45) is 0 Å². The first-order valence-electron chi connectivity index (χ1n) is 8.15. The molecule has 0 spiro atoms. The summed E-state index contributed by atoms with van der Waals surface area (Å²) in [6.07, 6.45) is 1.30. The van der Waals surface area contributed by atoms with Gasteiger partial charge >= 0.3 is 0 Å². The predicted octanol–water partition coefficient (Wildman–Crippen LogP) is 3.87. The number of aromatic nitrogens is 1. The van der Waals surface area contributed by atoms with E-state index >= 15 is 0 Å². The second-order valence-electron chi connectivity index (χ2n) is 5.67. The zero-order chi connectivity index (χ0) is 20.1. The van der Waals surface area contributed by atoms with Gasteiger partial charge in [-0.05, 0) is 36.4 Å². The van der Waals surface area contributed by atoms with Crippen molar-refractivity contribution in [3.63, 3.8) is 0 Å². The fraction of sp³-hybridized carbons (Fsp3) is 0.0500. The number of methoxy groups -OCH3 is 1. The molecular formula is C20H15F2N3O3. The third kappa shape index (κ3) is 4.29. The molecule has 0 atom stereocenters. The number of nitrogens with zero attached hydrogens (tertiary/aromatic N) is 1. The number of hydrogen-bond donors (Lipinski definition) is 2. The third-order valence-corrected chi connectivity index (χ3v) is 3.79. The van der Waals surface area contributed by atoms with Crippen LogP contribution in [0.3, 0.4) is 0 Å². The van der Waals surface area contributed by atoms with Crippen molar-refractivity contribution in [3.05, 3.63) is 83.7 Å². The van der Waals surface area contributed by atoms with Crippen LogP contribution in [-0.2, 0) is 0 Å². The normalized spacial score (nSPS) is 10.2. The molecule has 28 heavy (non-hydrogen) atoms. The summed E-state index contributed by atoms with van der Waals surface area (Å²) in [6.45, 7) is 0. The minimum atomic E-state index is -1.08. The van der Waals surface area contributed by atoms with Gasteiger partial charge in [0, 0.05) is 23.5 Å². The van der Waals surface area contributed by atoms with Crippen LogP contribution in [0, 0.1) is 11.6 Å². The Bertz CT molecular complexity index is 1040. The van der Waals surface area contributed by atoms with Crippen LogP contribution in [0.15, 0.2) is 60.8 Å². The maximum absolute atomic E-state index is 13.3. The molecule has 0 aliphatic rings. The highest BCUT2D eigenvalue weighted by atomic mass is 19.2. The van der Waals surface area contributed by atoms with Crippen molar-refractivity contribution in [3.8, 4) is 5.75 Å². The highest BCUT2D eigenvalue weighted by molar-refractivity contribution is 6.08. The predicted molar refractivity (Wildman–Crippen MR) is 99.5 cm³/mol. The molecule has 0 saturated heterocycles. The van der Waals surface area contributed by atoms with Gasteiger partial charge in [0.05, 0.1) is 12.8 Å². The topological polar surface area (TPSA) is 80.3 Å². The monoisotopic (exact) mass is 383 g/mol. The lowest BCUT2D eigenvalue weighted by Crippen LogP contribution is -2.17. The van der Waals surface area contributed by atoms with E-state index in [1.165, 1.54) is 31.5 Å². The first kappa shape index (κ1) is 19.0. The highest BCUT2D eigenvalue weighted by Gasteiger charge is 2.14. The number of amides is 2. The van der Waals surface area contributed by atoms with E-state index < -0.39 is 23.4 Å². The van der Waals surface area contributed by atoms with Gasteiger partial charge in [0.1, 0.15) is 11.4 Å². The van der Waals surface area contributed by atoms with Gasteiger partial charge in [-0.1, -0.05) is 12.1 Å². The molecule has 3 rings (SSSR count). The largest absolute Gasteiger partial charge is 0.495 e. The molecule has 8 heteroatoms. The van der Waals surface area contributed by atoms with Gasteiger partial charge in [-0.3, -0.25) is 14.6 Å². The molecule has 142 valence electrons. The van der Waals surface area contributed by atoms with Gasteiger partial charge in [0.25, 0.3) is 11.8 Å². The zero-order valence-corrected chi connectivity index (χ0v) is 14.7. The summed E-state index contributed by atoms with van der Waals surface area (Å²) in [5.74, 6) is -2.75. The number of benzene rings is 2. The average molecular weight is 383 g/mol. The fourth-order valence-corrected chi connectivity index (χ4v) is 2.41. The minimum absolute atomic E-state index is 0.00356. The van der Waals surface area contributed by atoms with Crippen molar-refractivity contribution < 1.29 is 23.1 Å². The Morgan fingerprint density at radius 1 is 0.929 bits per heavy atom. The summed E-state index contributed by atoms with van der Waals surface area (Å²) in [7, 11) is 1.48. The van der Waals surface area contributed by atoms with Crippen LogP contribution in [0.5, 0.6) is 5.75 Å². The van der Waals surface area contributed by atoms with Crippen LogP contribution < -0.4 is 15.4 Å². The summed E-state index contributed by atoms with van der Waals surface area (Å²) in [4.78, 5) is 28.7. The van der Waals surface area contributed by atoms with Crippen molar-refractivity contribution in [1.29, 1.82) is 0 Å². The van der Waals surface area contributed by atoms with E-state index in [2.05, 4.69) is 15.6 Å². The Hall–Kier alpha value is -3.81. The van der Waals surface area contributed by atoms with Crippen molar-refractivity contribution in [1.82, 2.24) is 4.98 Å². The first-order valence-corrected chi connectivity index (χ1v) is 8.15. The Morgan fingerprint density at radius 2 is 1.71 bits per heavy atom. The molecule has 2 aromatic carbocycles. The molecule has 2 N–H and O–H groups in total. The number of rotatable bonds is 5. The zero-order valence-electron chi connectivity index (χ0n) is 14.7. The molecule has 3 aromatic rings. The molecule has 0 radical (unpaired) electrons. The van der Waals surface area contributed by atoms with Crippen LogP contribution in [0.4, 0.5) is 20.2 Å². The smallest absolute Gasteiger partial charge is 0.274 e. The number of anilines is 2. The Labute approximate surface area is 159 Å². The van der Waals surface area contributed by atoms with Crippen molar-refractivity contribution in [2.45, 2.75) is 0 Å². The highest BCUT2D eigenvalue weighted by Crippen LogP contribution is 2.23. The molecule has 0 unspecified atom stereocenters. The molecule has 0 bridgehead atoms. The van der Waals surface area contributed by atoms with Gasteiger partial charge in [0.2, 0.25) is 0 Å². The quantitative estimate of drug-likeness (QED) is 0.701. The van der Waals surface area contributed by atoms with Crippen LogP contribution in [0.1, 0.15) is 20.8 Å². The number of pyridine rings is 1. The van der Waals surface area contributed by atoms with E-state index in [4.69, 9.17) is 4.74 Å². The fourth-order valence-electron chi connectivity index (χ4n) is 2.41. The number of carbonyl (C=O) groups is 2. The first-order chi connectivity index (χ1) is 13.5. The van der Waals surface area contributed by atoms with E-state index in [0.29, 0.717) is 11.4 Å². The van der Waals surface area contributed by atoms with Gasteiger partial charge in [0.15, 0.2) is 11.6 Å². The molecule has 0 fully saturated rings. The second-order valence-corrected chi connectivity index (χ2v) is 5.67.